The Morgan fingerprint density at radius 2 is 1.85 bits per heavy atom. The van der Waals surface area contributed by atoms with Gasteiger partial charge in [-0.25, -0.2) is 0 Å². The fourth-order valence-corrected chi connectivity index (χ4v) is 4.31. The maximum Gasteiger partial charge on any atom is 0.269 e. The number of methoxy groups -OCH3 is 2. The first-order valence-electron chi connectivity index (χ1n) is 11.1. The number of carbonyl (C=O) groups excluding carboxylic acids is 1. The molecule has 0 aliphatic rings. The largest absolute Gasteiger partial charge is 0.497 e. The molecule has 0 aliphatic heterocycles. The number of likely N-dealkylation sites (N-methyl/N-ethyl adjacent to an activating group) is 1. The van der Waals surface area contributed by atoms with Crippen LogP contribution < -0.4 is 14.8 Å². The number of nitrogens with one attached hydrogen (secondary N) is 1. The number of nitrogens with zero attached hydrogens (tertiary/aromatic N) is 4. The Kier molecular flexibility index (Phi) is 6.61. The number of para-hydroxylation sites is 1. The average molecular weight is 462 g/mol. The van der Waals surface area contributed by atoms with E-state index in [2.05, 4.69) is 38.2 Å². The number of amides is 1. The van der Waals surface area contributed by atoms with Gasteiger partial charge >= 0.3 is 0 Å². The van der Waals surface area contributed by atoms with E-state index in [9.17, 15) is 4.79 Å². The first kappa shape index (κ1) is 23.4. The summed E-state index contributed by atoms with van der Waals surface area (Å²) in [7, 11) is 11.1. The Hall–Kier alpha value is -3.78. The Morgan fingerprint density at radius 3 is 2.56 bits per heavy atom. The van der Waals surface area contributed by atoms with E-state index in [1.54, 1.807) is 32.0 Å². The molecule has 1 unspecified atom stereocenters. The van der Waals surface area contributed by atoms with Crippen LogP contribution >= 0.6 is 0 Å². The smallest absolute Gasteiger partial charge is 0.269 e. The van der Waals surface area contributed by atoms with E-state index < -0.39 is 0 Å². The van der Waals surface area contributed by atoms with Crippen molar-refractivity contribution in [3.63, 3.8) is 0 Å². The van der Waals surface area contributed by atoms with Crippen LogP contribution in [0.5, 0.6) is 11.5 Å². The van der Waals surface area contributed by atoms with Crippen LogP contribution in [0.1, 0.15) is 22.1 Å². The Balaban J connectivity index is 1.58. The van der Waals surface area contributed by atoms with Crippen molar-refractivity contribution < 1.29 is 14.3 Å². The molecule has 4 aromatic rings. The third kappa shape index (κ3) is 4.36. The summed E-state index contributed by atoms with van der Waals surface area (Å²) < 4.78 is 14.5. The average Bonchev–Trinajstić information content (AvgIpc) is 3.38. The SMILES string of the molecule is COc1ccc(OC)c(-c2cc(C(=O)NCC(c3cn(C)c4ccccc34)N(C)C)n(C)n2)c1. The van der Waals surface area contributed by atoms with Crippen molar-refractivity contribution in [2.75, 3.05) is 34.9 Å². The highest BCUT2D eigenvalue weighted by Crippen LogP contribution is 2.33. The van der Waals surface area contributed by atoms with Gasteiger partial charge < -0.3 is 24.3 Å². The Labute approximate surface area is 199 Å². The van der Waals surface area contributed by atoms with Gasteiger partial charge in [-0.15, -0.1) is 0 Å². The second kappa shape index (κ2) is 9.61. The summed E-state index contributed by atoms with van der Waals surface area (Å²) in [4.78, 5) is 15.3. The van der Waals surface area contributed by atoms with Crippen molar-refractivity contribution in [1.82, 2.24) is 24.6 Å². The molecule has 2 aromatic carbocycles. The zero-order valence-corrected chi connectivity index (χ0v) is 20.5. The lowest BCUT2D eigenvalue weighted by molar-refractivity contribution is 0.0932. The van der Waals surface area contributed by atoms with Crippen molar-refractivity contribution in [3.8, 4) is 22.8 Å². The number of benzene rings is 2. The van der Waals surface area contributed by atoms with Crippen LogP contribution in [0.15, 0.2) is 54.7 Å². The summed E-state index contributed by atoms with van der Waals surface area (Å²) in [5.41, 5.74) is 4.21. The second-order valence-corrected chi connectivity index (χ2v) is 8.51. The van der Waals surface area contributed by atoms with Crippen molar-refractivity contribution >= 4 is 16.8 Å². The van der Waals surface area contributed by atoms with Gasteiger partial charge in [0.2, 0.25) is 0 Å². The van der Waals surface area contributed by atoms with E-state index in [1.165, 1.54) is 16.5 Å². The number of fused-ring (bicyclic) bond motifs is 1. The Morgan fingerprint density at radius 1 is 1.09 bits per heavy atom. The lowest BCUT2D eigenvalue weighted by Gasteiger charge is -2.24. The van der Waals surface area contributed by atoms with E-state index >= 15 is 0 Å². The minimum Gasteiger partial charge on any atom is -0.497 e. The number of rotatable bonds is 8. The summed E-state index contributed by atoms with van der Waals surface area (Å²) in [6, 6.07) is 15.6. The Bertz CT molecular complexity index is 1320. The highest BCUT2D eigenvalue weighted by molar-refractivity contribution is 5.94. The maximum atomic E-state index is 13.2. The lowest BCUT2D eigenvalue weighted by atomic mass is 10.0. The maximum absolute atomic E-state index is 13.2. The number of aromatic nitrogens is 3. The van der Waals surface area contributed by atoms with Gasteiger partial charge in [-0.3, -0.25) is 9.48 Å². The van der Waals surface area contributed by atoms with Gasteiger partial charge in [0.1, 0.15) is 17.2 Å². The molecule has 0 spiro atoms. The fraction of sp³-hybridized carbons (Fsp3) is 0.308. The minimum atomic E-state index is -0.185. The van der Waals surface area contributed by atoms with Crippen LogP contribution in [0.4, 0.5) is 0 Å². The highest BCUT2D eigenvalue weighted by atomic mass is 16.5. The monoisotopic (exact) mass is 461 g/mol. The zero-order valence-electron chi connectivity index (χ0n) is 20.5. The molecule has 1 amide bonds. The van der Waals surface area contributed by atoms with E-state index in [0.29, 0.717) is 29.4 Å². The summed E-state index contributed by atoms with van der Waals surface area (Å²) >= 11 is 0. The van der Waals surface area contributed by atoms with Crippen LogP contribution in [0, 0.1) is 0 Å². The number of hydrogen-bond acceptors (Lipinski definition) is 5. The van der Waals surface area contributed by atoms with Gasteiger partial charge in [-0.2, -0.15) is 5.10 Å². The molecule has 0 bridgehead atoms. The standard InChI is InChI=1S/C26H31N5O3/c1-29(2)24(20-16-30(3)22-10-8-7-9-18(20)22)15-27-26(32)23-14-21(28-31(23)4)19-13-17(33-5)11-12-25(19)34-6/h7-14,16,24H,15H2,1-6H3,(H,27,32). The molecular formula is C26H31N5O3. The molecule has 0 saturated heterocycles. The molecule has 8 nitrogen and oxygen atoms in total. The van der Waals surface area contributed by atoms with E-state index in [1.807, 2.05) is 51.5 Å². The van der Waals surface area contributed by atoms with Crippen LogP contribution in [0.3, 0.4) is 0 Å². The molecule has 178 valence electrons. The highest BCUT2D eigenvalue weighted by Gasteiger charge is 2.22. The molecule has 1 atom stereocenters. The number of carbonyl (C=O) groups is 1. The summed E-state index contributed by atoms with van der Waals surface area (Å²) in [5, 5.41) is 8.85. The van der Waals surface area contributed by atoms with Gasteiger partial charge in [-0.1, -0.05) is 18.2 Å². The summed E-state index contributed by atoms with van der Waals surface area (Å²) in [5.74, 6) is 1.17. The van der Waals surface area contributed by atoms with Gasteiger partial charge in [0.15, 0.2) is 0 Å². The molecule has 0 aliphatic carbocycles. The quantitative estimate of drug-likeness (QED) is 0.434. The molecule has 34 heavy (non-hydrogen) atoms. The van der Waals surface area contributed by atoms with Gasteiger partial charge in [0.25, 0.3) is 5.91 Å². The molecule has 4 rings (SSSR count). The minimum absolute atomic E-state index is 0.0150. The first-order chi connectivity index (χ1) is 16.3. The predicted octanol–water partition coefficient (Wildman–Crippen LogP) is 3.63. The van der Waals surface area contributed by atoms with Crippen molar-refractivity contribution in [2.24, 2.45) is 14.1 Å². The predicted molar refractivity (Wildman–Crippen MR) is 133 cm³/mol. The van der Waals surface area contributed by atoms with E-state index in [0.717, 1.165) is 5.56 Å². The molecule has 0 radical (unpaired) electrons. The van der Waals surface area contributed by atoms with Gasteiger partial charge in [-0.05, 0) is 50.0 Å². The molecular weight excluding hydrogens is 430 g/mol. The topological polar surface area (TPSA) is 73.6 Å². The summed E-state index contributed by atoms with van der Waals surface area (Å²) in [6.07, 6.45) is 2.14. The summed E-state index contributed by atoms with van der Waals surface area (Å²) in [6.45, 7) is 0.461. The van der Waals surface area contributed by atoms with E-state index in [4.69, 9.17) is 9.47 Å². The molecule has 8 heteroatoms. The normalized spacial score (nSPS) is 12.2. The second-order valence-electron chi connectivity index (χ2n) is 8.51. The molecule has 2 aromatic heterocycles. The number of ether oxygens (including phenoxy) is 2. The van der Waals surface area contributed by atoms with Crippen LogP contribution in [0.2, 0.25) is 0 Å². The van der Waals surface area contributed by atoms with Gasteiger partial charge in [0, 0.05) is 43.3 Å². The van der Waals surface area contributed by atoms with Crippen molar-refractivity contribution in [3.05, 3.63) is 66.0 Å². The van der Waals surface area contributed by atoms with Crippen molar-refractivity contribution in [2.45, 2.75) is 6.04 Å². The van der Waals surface area contributed by atoms with E-state index in [-0.39, 0.29) is 11.9 Å². The zero-order chi connectivity index (χ0) is 24.4. The molecule has 1 N–H and O–H groups in total. The lowest BCUT2D eigenvalue weighted by Crippen LogP contribution is -2.35. The first-order valence-corrected chi connectivity index (χ1v) is 11.1. The van der Waals surface area contributed by atoms with Crippen molar-refractivity contribution in [1.29, 1.82) is 0 Å². The van der Waals surface area contributed by atoms with Crippen LogP contribution in [0.25, 0.3) is 22.2 Å². The third-order valence-corrected chi connectivity index (χ3v) is 6.16. The number of aryl methyl sites for hydroxylation is 2. The molecule has 0 fully saturated rings. The number of hydrogen-bond donors (Lipinski definition) is 1. The third-order valence-electron chi connectivity index (χ3n) is 6.16. The van der Waals surface area contributed by atoms with Gasteiger partial charge in [0.05, 0.1) is 26.0 Å². The fourth-order valence-electron chi connectivity index (χ4n) is 4.31. The molecule has 0 saturated carbocycles. The molecule has 2 heterocycles. The van der Waals surface area contributed by atoms with Crippen LogP contribution in [-0.4, -0.2) is 60.0 Å². The van der Waals surface area contributed by atoms with Crippen LogP contribution in [-0.2, 0) is 14.1 Å².